The highest BCUT2D eigenvalue weighted by atomic mass is 32.2. The fraction of sp³-hybridized carbons (Fsp3) is 0.316. The van der Waals surface area contributed by atoms with Crippen molar-refractivity contribution in [3.05, 3.63) is 48.3 Å². The first kappa shape index (κ1) is 19.7. The zero-order valence-corrected chi connectivity index (χ0v) is 17.9. The van der Waals surface area contributed by atoms with E-state index in [1.807, 2.05) is 43.5 Å². The first-order valence-corrected chi connectivity index (χ1v) is 11.9. The first-order chi connectivity index (χ1) is 13.9. The number of aryl methyl sites for hydroxylation is 1. The van der Waals surface area contributed by atoms with Crippen molar-refractivity contribution in [1.82, 2.24) is 19.3 Å². The van der Waals surface area contributed by atoms with Crippen LogP contribution in [0.25, 0.3) is 10.6 Å². The van der Waals surface area contributed by atoms with E-state index in [1.54, 1.807) is 17.5 Å². The van der Waals surface area contributed by atoms with E-state index >= 15 is 0 Å². The summed E-state index contributed by atoms with van der Waals surface area (Å²) in [5.74, 6) is 1.47. The SMILES string of the molecule is Cc1ccnc(Nc2cccc(-c3cnc(N4CCN(S(C)(=O)=O)CC4)s3)n2)c1. The minimum atomic E-state index is -3.14. The number of anilines is 3. The molecule has 29 heavy (non-hydrogen) atoms. The van der Waals surface area contributed by atoms with Gasteiger partial charge in [-0.1, -0.05) is 17.4 Å². The van der Waals surface area contributed by atoms with Gasteiger partial charge in [-0.05, 0) is 36.8 Å². The number of piperazine rings is 1. The van der Waals surface area contributed by atoms with Crippen LogP contribution in [0.3, 0.4) is 0 Å². The zero-order chi connectivity index (χ0) is 20.4. The van der Waals surface area contributed by atoms with Gasteiger partial charge in [0.05, 0.1) is 16.8 Å². The molecule has 8 nitrogen and oxygen atoms in total. The molecule has 1 aliphatic heterocycles. The number of nitrogens with zero attached hydrogens (tertiary/aromatic N) is 5. The van der Waals surface area contributed by atoms with Crippen LogP contribution in [0.15, 0.2) is 42.7 Å². The van der Waals surface area contributed by atoms with Crippen LogP contribution in [0, 0.1) is 6.92 Å². The third-order valence-corrected chi connectivity index (χ3v) is 7.03. The van der Waals surface area contributed by atoms with E-state index < -0.39 is 10.0 Å². The molecule has 0 bridgehead atoms. The van der Waals surface area contributed by atoms with Gasteiger partial charge in [0.25, 0.3) is 0 Å². The topological polar surface area (TPSA) is 91.3 Å². The Kier molecular flexibility index (Phi) is 5.48. The van der Waals surface area contributed by atoms with Crippen molar-refractivity contribution >= 4 is 38.1 Å². The third-order valence-electron chi connectivity index (χ3n) is 4.64. The number of hydrogen-bond acceptors (Lipinski definition) is 8. The average molecular weight is 431 g/mol. The van der Waals surface area contributed by atoms with Crippen LogP contribution >= 0.6 is 11.3 Å². The second-order valence-corrected chi connectivity index (χ2v) is 9.90. The molecule has 3 aromatic heterocycles. The lowest BCUT2D eigenvalue weighted by Crippen LogP contribution is -2.48. The van der Waals surface area contributed by atoms with Crippen molar-refractivity contribution in [2.75, 3.05) is 42.7 Å². The molecule has 0 aliphatic carbocycles. The van der Waals surface area contributed by atoms with E-state index in [0.717, 1.165) is 32.9 Å². The molecule has 0 unspecified atom stereocenters. The summed E-state index contributed by atoms with van der Waals surface area (Å²) in [5.41, 5.74) is 1.96. The molecule has 152 valence electrons. The van der Waals surface area contributed by atoms with Crippen molar-refractivity contribution in [3.8, 4) is 10.6 Å². The molecule has 0 saturated carbocycles. The van der Waals surface area contributed by atoms with Crippen LogP contribution in [0.2, 0.25) is 0 Å². The van der Waals surface area contributed by atoms with Crippen LogP contribution in [-0.2, 0) is 10.0 Å². The van der Waals surface area contributed by atoms with Crippen LogP contribution in [0.4, 0.5) is 16.8 Å². The van der Waals surface area contributed by atoms with Crippen LogP contribution in [0.1, 0.15) is 5.56 Å². The summed E-state index contributed by atoms with van der Waals surface area (Å²) in [6.07, 6.45) is 4.84. The van der Waals surface area contributed by atoms with Crippen LogP contribution < -0.4 is 10.2 Å². The summed E-state index contributed by atoms with van der Waals surface area (Å²) < 4.78 is 24.9. The Hall–Kier alpha value is -2.56. The summed E-state index contributed by atoms with van der Waals surface area (Å²) in [6, 6.07) is 9.72. The lowest BCUT2D eigenvalue weighted by molar-refractivity contribution is 0.388. The lowest BCUT2D eigenvalue weighted by Gasteiger charge is -2.32. The van der Waals surface area contributed by atoms with Gasteiger partial charge in [-0.25, -0.2) is 23.4 Å². The largest absolute Gasteiger partial charge is 0.345 e. The van der Waals surface area contributed by atoms with Crippen LogP contribution in [-0.4, -0.2) is 60.1 Å². The van der Waals surface area contributed by atoms with E-state index in [2.05, 4.69) is 25.2 Å². The maximum absolute atomic E-state index is 11.7. The Bertz CT molecular complexity index is 1110. The Morgan fingerprint density at radius 2 is 1.86 bits per heavy atom. The van der Waals surface area contributed by atoms with Gasteiger partial charge in [0.2, 0.25) is 10.0 Å². The lowest BCUT2D eigenvalue weighted by atomic mass is 10.3. The van der Waals surface area contributed by atoms with Gasteiger partial charge in [-0.3, -0.25) is 0 Å². The van der Waals surface area contributed by atoms with E-state index in [9.17, 15) is 8.42 Å². The van der Waals surface area contributed by atoms with Crippen molar-refractivity contribution < 1.29 is 8.42 Å². The molecule has 0 aromatic carbocycles. The molecule has 0 radical (unpaired) electrons. The summed E-state index contributed by atoms with van der Waals surface area (Å²) in [4.78, 5) is 16.6. The molecule has 0 atom stereocenters. The van der Waals surface area contributed by atoms with Gasteiger partial charge in [0.1, 0.15) is 11.6 Å². The second-order valence-electron chi connectivity index (χ2n) is 6.91. The van der Waals surface area contributed by atoms with E-state index in [-0.39, 0.29) is 0 Å². The molecule has 4 heterocycles. The number of nitrogens with one attached hydrogen (secondary N) is 1. The highest BCUT2D eigenvalue weighted by Crippen LogP contribution is 2.31. The number of thiazole rings is 1. The molecule has 3 aromatic rings. The van der Waals surface area contributed by atoms with Crippen molar-refractivity contribution in [1.29, 1.82) is 0 Å². The highest BCUT2D eigenvalue weighted by Gasteiger charge is 2.25. The molecule has 10 heteroatoms. The Morgan fingerprint density at radius 3 is 2.59 bits per heavy atom. The number of rotatable bonds is 5. The number of sulfonamides is 1. The molecular weight excluding hydrogens is 408 g/mol. The average Bonchev–Trinajstić information content (AvgIpc) is 3.18. The Morgan fingerprint density at radius 1 is 1.07 bits per heavy atom. The molecule has 4 rings (SSSR count). The van der Waals surface area contributed by atoms with Gasteiger partial charge in [0, 0.05) is 38.6 Å². The maximum Gasteiger partial charge on any atom is 0.211 e. The zero-order valence-electron chi connectivity index (χ0n) is 16.2. The third kappa shape index (κ3) is 4.72. The quantitative estimate of drug-likeness (QED) is 0.665. The summed E-state index contributed by atoms with van der Waals surface area (Å²) in [7, 11) is -3.14. The van der Waals surface area contributed by atoms with Gasteiger partial charge in [-0.15, -0.1) is 0 Å². The number of pyridine rings is 2. The predicted octanol–water partition coefficient (Wildman–Crippen LogP) is 2.73. The predicted molar refractivity (Wildman–Crippen MR) is 116 cm³/mol. The van der Waals surface area contributed by atoms with Crippen LogP contribution in [0.5, 0.6) is 0 Å². The smallest absolute Gasteiger partial charge is 0.211 e. The van der Waals surface area contributed by atoms with E-state index in [1.165, 1.54) is 10.6 Å². The standard InChI is InChI=1S/C19H22N6O2S2/c1-14-6-7-20-18(12-14)23-17-5-3-4-15(22-17)16-13-21-19(28-16)24-8-10-25(11-9-24)29(2,26)27/h3-7,12-13H,8-11H2,1-2H3,(H,20,22,23). The van der Waals surface area contributed by atoms with Crippen molar-refractivity contribution in [3.63, 3.8) is 0 Å². The Balaban J connectivity index is 1.47. The minimum Gasteiger partial charge on any atom is -0.345 e. The molecule has 1 N–H and O–H groups in total. The first-order valence-electron chi connectivity index (χ1n) is 9.21. The van der Waals surface area contributed by atoms with Gasteiger partial charge < -0.3 is 10.2 Å². The molecule has 1 saturated heterocycles. The Labute approximate surface area is 174 Å². The molecule has 0 spiro atoms. The number of aromatic nitrogens is 3. The fourth-order valence-corrected chi connectivity index (χ4v) is 4.88. The minimum absolute atomic E-state index is 0.481. The molecule has 0 amide bonds. The number of hydrogen-bond donors (Lipinski definition) is 1. The van der Waals surface area contributed by atoms with Crippen molar-refractivity contribution in [2.24, 2.45) is 0 Å². The normalized spacial score (nSPS) is 15.4. The van der Waals surface area contributed by atoms with E-state index in [0.29, 0.717) is 26.2 Å². The summed E-state index contributed by atoms with van der Waals surface area (Å²) in [6.45, 7) is 4.25. The summed E-state index contributed by atoms with van der Waals surface area (Å²) in [5, 5.41) is 4.12. The van der Waals surface area contributed by atoms with Gasteiger partial charge in [-0.2, -0.15) is 4.31 Å². The van der Waals surface area contributed by atoms with Gasteiger partial charge >= 0.3 is 0 Å². The fourth-order valence-electron chi connectivity index (χ4n) is 3.12. The molecule has 1 fully saturated rings. The van der Waals surface area contributed by atoms with Gasteiger partial charge in [0.15, 0.2) is 5.13 Å². The summed E-state index contributed by atoms with van der Waals surface area (Å²) >= 11 is 1.56. The molecule has 1 aliphatic rings. The maximum atomic E-state index is 11.7. The monoisotopic (exact) mass is 430 g/mol. The highest BCUT2D eigenvalue weighted by molar-refractivity contribution is 7.88. The second kappa shape index (κ2) is 8.05. The van der Waals surface area contributed by atoms with Crippen molar-refractivity contribution in [2.45, 2.75) is 6.92 Å². The molecular formula is C19H22N6O2S2. The van der Waals surface area contributed by atoms with E-state index in [4.69, 9.17) is 0 Å².